The molecule has 4 nitrogen and oxygen atoms in total. The van der Waals surface area contributed by atoms with Crippen LogP contribution in [-0.4, -0.2) is 47.1 Å². The van der Waals surface area contributed by atoms with E-state index in [9.17, 15) is 4.39 Å². The molecule has 3 aliphatic rings. The van der Waals surface area contributed by atoms with Crippen molar-refractivity contribution in [2.24, 2.45) is 0 Å². The molecule has 4 heterocycles. The third kappa shape index (κ3) is 3.44. The number of halogens is 2. The average Bonchev–Trinajstić information content (AvgIpc) is 3.08. The number of anilines is 1. The van der Waals surface area contributed by atoms with Crippen molar-refractivity contribution in [2.75, 3.05) is 31.1 Å². The van der Waals surface area contributed by atoms with E-state index in [1.54, 1.807) is 21.1 Å². The summed E-state index contributed by atoms with van der Waals surface area (Å²) in [6.07, 6.45) is 4.73. The Kier molecular flexibility index (Phi) is 4.94. The van der Waals surface area contributed by atoms with Crippen LogP contribution in [0.2, 0.25) is 0 Å². The number of piperidine rings is 1. The zero-order valence-corrected chi connectivity index (χ0v) is 19.6. The molecule has 160 valence electrons. The second-order valence-electron chi connectivity index (χ2n) is 8.77. The molecule has 0 bridgehead atoms. The summed E-state index contributed by atoms with van der Waals surface area (Å²) in [5.41, 5.74) is 4.84. The number of likely N-dealkylation sites (tertiary alicyclic amines) is 1. The van der Waals surface area contributed by atoms with Gasteiger partial charge in [-0.3, -0.25) is 0 Å². The Labute approximate surface area is 192 Å². The molecule has 2 aromatic carbocycles. The molecule has 1 aromatic heterocycles. The summed E-state index contributed by atoms with van der Waals surface area (Å²) in [6.45, 7) is 8.78. The first-order chi connectivity index (χ1) is 15.2. The summed E-state index contributed by atoms with van der Waals surface area (Å²) in [6, 6.07) is 12.4. The van der Waals surface area contributed by atoms with Crippen LogP contribution >= 0.6 is 0 Å². The van der Waals surface area contributed by atoms with Gasteiger partial charge in [-0.2, -0.15) is 0 Å². The van der Waals surface area contributed by atoms with E-state index in [4.69, 9.17) is 0 Å². The molecule has 0 saturated carbocycles. The van der Waals surface area contributed by atoms with E-state index in [1.165, 1.54) is 22.1 Å². The number of hydrogen-bond donors (Lipinski definition) is 0. The predicted molar refractivity (Wildman–Crippen MR) is 117 cm³/mol. The molecule has 0 unspecified atom stereocenters. The summed E-state index contributed by atoms with van der Waals surface area (Å²) in [5, 5.41) is 0.970. The van der Waals surface area contributed by atoms with Gasteiger partial charge >= 0.3 is 166 Å². The molecule has 0 radical (unpaired) electrons. The van der Waals surface area contributed by atoms with Gasteiger partial charge in [0.2, 0.25) is 0 Å². The number of benzene rings is 2. The second kappa shape index (κ2) is 7.81. The van der Waals surface area contributed by atoms with Gasteiger partial charge < -0.3 is 0 Å². The van der Waals surface area contributed by atoms with Crippen LogP contribution in [0.25, 0.3) is 10.9 Å². The first-order valence-electron chi connectivity index (χ1n) is 11.0. The molecule has 3 aliphatic heterocycles. The van der Waals surface area contributed by atoms with Crippen LogP contribution < -0.4 is 26.1 Å². The quantitative estimate of drug-likeness (QED) is 0.478. The van der Waals surface area contributed by atoms with Crippen molar-refractivity contribution in [2.45, 2.75) is 31.2 Å². The van der Waals surface area contributed by atoms with E-state index in [-0.39, 0.29) is 27.0 Å². The molecule has 1 fully saturated rings. The number of hydrogen-bond acceptors (Lipinski definition) is 4. The molecule has 6 rings (SSSR count). The third-order valence-corrected chi connectivity index (χ3v) is 9.47. The molecular weight excluding hydrogens is 502 g/mol. The first kappa shape index (κ1) is 19.6. The Morgan fingerprint density at radius 3 is 3.06 bits per heavy atom. The number of aryl methyl sites for hydroxylation is 1. The van der Waals surface area contributed by atoms with Gasteiger partial charge in [-0.25, -0.2) is 9.37 Å². The van der Waals surface area contributed by atoms with Crippen molar-refractivity contribution in [3.05, 3.63) is 73.5 Å². The maximum atomic E-state index is 13.5. The van der Waals surface area contributed by atoms with E-state index in [2.05, 4.69) is 44.5 Å². The monoisotopic (exact) mass is 527 g/mol. The molecule has 3 aromatic rings. The molecule has 0 aliphatic carbocycles. The molecule has 1 saturated heterocycles. The summed E-state index contributed by atoms with van der Waals surface area (Å²) in [5.74, 6) is 0.366. The van der Waals surface area contributed by atoms with Gasteiger partial charge in [0.25, 0.3) is 0 Å². The molecule has 2 atom stereocenters. The normalized spacial score (nSPS) is 22.9. The number of rotatable bonds is 4. The van der Waals surface area contributed by atoms with E-state index < -0.39 is 0 Å². The first-order valence-corrected chi connectivity index (χ1v) is 13.2. The van der Waals surface area contributed by atoms with Crippen LogP contribution in [0.4, 0.5) is 10.1 Å². The van der Waals surface area contributed by atoms with Crippen molar-refractivity contribution in [1.82, 2.24) is 14.9 Å². The van der Waals surface area contributed by atoms with Gasteiger partial charge in [-0.15, -0.1) is 0 Å². The van der Waals surface area contributed by atoms with Crippen LogP contribution in [-0.2, 0) is 6.42 Å². The maximum absolute atomic E-state index is 13.5. The number of fused-ring (bicyclic) bond motifs is 4. The van der Waals surface area contributed by atoms with Crippen molar-refractivity contribution in [1.29, 1.82) is 0 Å². The Morgan fingerprint density at radius 1 is 1.19 bits per heavy atom. The van der Waals surface area contributed by atoms with Crippen LogP contribution in [0.3, 0.4) is 0 Å². The van der Waals surface area contributed by atoms with Crippen LogP contribution in [0, 0.1) is 9.39 Å². The molecule has 0 amide bonds. The SMILES string of the molecule is C=C1CN2c3c(cccc3[C@@H]3CN(CCCc4ncnc5cc(F)ccc45)CC[C@@H]32)[I-]1. The van der Waals surface area contributed by atoms with Crippen molar-refractivity contribution < 1.29 is 25.6 Å². The van der Waals surface area contributed by atoms with E-state index >= 15 is 0 Å². The number of para-hydroxylation sites is 1. The van der Waals surface area contributed by atoms with Crippen LogP contribution in [0.15, 0.2) is 52.9 Å². The minimum absolute atomic E-state index is 0.0505. The van der Waals surface area contributed by atoms with Gasteiger partial charge in [0.05, 0.1) is 0 Å². The van der Waals surface area contributed by atoms with Crippen molar-refractivity contribution >= 4 is 16.6 Å². The van der Waals surface area contributed by atoms with Crippen molar-refractivity contribution in [3.8, 4) is 0 Å². The summed E-state index contributed by atoms with van der Waals surface area (Å²) < 4.78 is 16.5. The average molecular weight is 527 g/mol. The topological polar surface area (TPSA) is 32.3 Å². The summed E-state index contributed by atoms with van der Waals surface area (Å²) in [7, 11) is 0. The second-order valence-corrected chi connectivity index (χ2v) is 12.0. The Bertz CT molecular complexity index is 1180. The van der Waals surface area contributed by atoms with Crippen LogP contribution in [0.5, 0.6) is 0 Å². The minimum atomic E-state index is -0.247. The predicted octanol–water partition coefficient (Wildman–Crippen LogP) is 1.17. The third-order valence-electron chi connectivity index (χ3n) is 6.91. The van der Waals surface area contributed by atoms with Gasteiger partial charge in [-0.1, -0.05) is 0 Å². The van der Waals surface area contributed by atoms with Crippen LogP contribution in [0.1, 0.15) is 30.0 Å². The van der Waals surface area contributed by atoms with Gasteiger partial charge in [0, 0.05) is 6.07 Å². The zero-order valence-electron chi connectivity index (χ0n) is 17.4. The molecule has 6 heteroatoms. The summed E-state index contributed by atoms with van der Waals surface area (Å²) in [4.78, 5) is 14.0. The molecule has 31 heavy (non-hydrogen) atoms. The van der Waals surface area contributed by atoms with E-state index in [0.29, 0.717) is 17.5 Å². The number of aromatic nitrogens is 2. The standard InChI is InChI=1S/C25H25FIN4/c1-16-13-31-24-9-11-30(14-20(24)18-4-2-5-21(27-16)25(18)31)10-3-6-22-19-8-7-17(26)12-23(19)29-15-28-22/h2,4-5,7-8,12,15,20,24H,1,3,6,9-11,13-14H2/q-1/t20-,24-/m0/s1. The fourth-order valence-electron chi connectivity index (χ4n) is 5.58. The van der Waals surface area contributed by atoms with Gasteiger partial charge in [0.1, 0.15) is 5.82 Å². The summed E-state index contributed by atoms with van der Waals surface area (Å²) >= 11 is -0.0505. The van der Waals surface area contributed by atoms with Gasteiger partial charge in [0.15, 0.2) is 0 Å². The van der Waals surface area contributed by atoms with E-state index in [1.807, 2.05) is 6.07 Å². The Morgan fingerprint density at radius 2 is 2.13 bits per heavy atom. The Balaban J connectivity index is 1.15. The fourth-order valence-corrected chi connectivity index (χ4v) is 8.20. The zero-order chi connectivity index (χ0) is 20.9. The van der Waals surface area contributed by atoms with Crippen molar-refractivity contribution in [3.63, 3.8) is 0 Å². The van der Waals surface area contributed by atoms with E-state index in [0.717, 1.165) is 50.1 Å². The molecular formula is C25H25FIN4-. The fraction of sp³-hybridized carbons (Fsp3) is 0.360. The Hall–Kier alpha value is -2.06. The van der Waals surface area contributed by atoms with Gasteiger partial charge in [-0.05, 0) is 6.07 Å². The molecule has 0 spiro atoms. The molecule has 0 N–H and O–H groups in total. The number of nitrogens with zero attached hydrogens (tertiary/aromatic N) is 4.